The van der Waals surface area contributed by atoms with Crippen molar-refractivity contribution in [3.63, 3.8) is 0 Å². The zero-order valence-electron chi connectivity index (χ0n) is 24.9. The number of hydrogen-bond donors (Lipinski definition) is 5. The predicted molar refractivity (Wildman–Crippen MR) is 167 cm³/mol. The van der Waals surface area contributed by atoms with Crippen molar-refractivity contribution in [2.75, 3.05) is 11.4 Å². The van der Waals surface area contributed by atoms with Gasteiger partial charge in [-0.15, -0.1) is 0 Å². The maximum atomic E-state index is 13.6. The lowest BCUT2D eigenvalue weighted by molar-refractivity contribution is -0.120. The van der Waals surface area contributed by atoms with Crippen molar-refractivity contribution in [1.29, 1.82) is 0 Å². The molecule has 0 unspecified atom stereocenters. The van der Waals surface area contributed by atoms with Gasteiger partial charge in [0.25, 0.3) is 5.92 Å². The van der Waals surface area contributed by atoms with Crippen molar-refractivity contribution in [2.24, 2.45) is 0 Å². The first-order valence-corrected chi connectivity index (χ1v) is 15.3. The van der Waals surface area contributed by atoms with Gasteiger partial charge in [0.2, 0.25) is 5.91 Å². The van der Waals surface area contributed by atoms with Crippen molar-refractivity contribution in [3.05, 3.63) is 90.0 Å². The summed E-state index contributed by atoms with van der Waals surface area (Å²) in [6, 6.07) is 11.9. The molecule has 0 aliphatic carbocycles. The lowest BCUT2D eigenvalue weighted by atomic mass is 10.0. The fraction of sp³-hybridized carbons (Fsp3) is 0.273. The number of carbonyl (C=O) groups is 2. The number of halogens is 2. The van der Waals surface area contributed by atoms with Crippen LogP contribution in [0.3, 0.4) is 0 Å². The van der Waals surface area contributed by atoms with E-state index in [-0.39, 0.29) is 18.9 Å². The van der Waals surface area contributed by atoms with E-state index in [4.69, 9.17) is 0 Å². The van der Waals surface area contributed by atoms with Gasteiger partial charge in [-0.2, -0.15) is 0 Å². The Kier molecular flexibility index (Phi) is 6.83. The Morgan fingerprint density at radius 3 is 2.30 bits per heavy atom. The summed E-state index contributed by atoms with van der Waals surface area (Å²) in [6.45, 7) is -0.365. The summed E-state index contributed by atoms with van der Waals surface area (Å²) in [7, 11) is 0. The largest absolute Gasteiger partial charge is 0.465 e. The minimum absolute atomic E-state index is 0.280. The first-order chi connectivity index (χ1) is 22.7. The lowest BCUT2D eigenvalue weighted by Gasteiger charge is -2.27. The summed E-state index contributed by atoms with van der Waals surface area (Å²) in [5, 5.41) is 14.5. The highest BCUT2D eigenvalue weighted by Gasteiger charge is 2.43. The Morgan fingerprint density at radius 2 is 1.57 bits per heavy atom. The van der Waals surface area contributed by atoms with Crippen molar-refractivity contribution in [1.82, 2.24) is 40.5 Å². The van der Waals surface area contributed by atoms with Gasteiger partial charge in [0.1, 0.15) is 17.7 Å². The number of carbonyl (C=O) groups excluding carboxylic acids is 1. The fourth-order valence-corrected chi connectivity index (χ4v) is 6.77. The summed E-state index contributed by atoms with van der Waals surface area (Å²) in [4.78, 5) is 51.2. The van der Waals surface area contributed by atoms with Gasteiger partial charge in [-0.05, 0) is 29.5 Å². The number of aromatic amines is 2. The lowest BCUT2D eigenvalue weighted by Crippen LogP contribution is -2.48. The second kappa shape index (κ2) is 11.1. The molecule has 6 heterocycles. The number of benzene rings is 2. The van der Waals surface area contributed by atoms with Gasteiger partial charge in [0, 0.05) is 36.4 Å². The third kappa shape index (κ3) is 5.29. The Balaban J connectivity index is 0.990. The molecule has 12 nitrogen and oxygen atoms in total. The number of amides is 2. The zero-order valence-corrected chi connectivity index (χ0v) is 24.9. The molecule has 1 saturated heterocycles. The van der Waals surface area contributed by atoms with Crippen LogP contribution in [-0.4, -0.2) is 65.5 Å². The molecule has 47 heavy (non-hydrogen) atoms. The van der Waals surface area contributed by atoms with Gasteiger partial charge in [0.05, 0.1) is 48.1 Å². The fourth-order valence-electron chi connectivity index (χ4n) is 6.77. The molecule has 238 valence electrons. The van der Waals surface area contributed by atoms with Crippen LogP contribution in [0.1, 0.15) is 47.7 Å². The molecule has 1 fully saturated rings. The van der Waals surface area contributed by atoms with E-state index in [0.29, 0.717) is 48.0 Å². The molecule has 2 amide bonds. The van der Waals surface area contributed by atoms with Crippen LogP contribution in [0.15, 0.2) is 67.3 Å². The average molecular weight is 638 g/mol. The van der Waals surface area contributed by atoms with E-state index < -0.39 is 30.1 Å². The molecule has 3 aliphatic heterocycles. The van der Waals surface area contributed by atoms with Crippen LogP contribution in [0.5, 0.6) is 0 Å². The average Bonchev–Trinajstić information content (AvgIpc) is 3.87. The van der Waals surface area contributed by atoms with Crippen molar-refractivity contribution in [3.8, 4) is 33.9 Å². The SMILES string of the molecule is O=C(O)N[C@H]1CCc2cccc3c2N(C1=O)[C@H](c1ncc(-c2ccc(-c4ncc(-c5cnc([C@@H]6CC(F)(F)CN6)[nH]5)cn4)cc2)[nH]1)C3. The summed E-state index contributed by atoms with van der Waals surface area (Å²) < 4.78 is 27.2. The molecule has 3 aromatic heterocycles. The first-order valence-electron chi connectivity index (χ1n) is 15.3. The topological polar surface area (TPSA) is 165 Å². The molecule has 5 N–H and O–H groups in total. The number of nitrogens with zero attached hydrogens (tertiary/aromatic N) is 5. The van der Waals surface area contributed by atoms with Crippen LogP contribution in [0, 0.1) is 0 Å². The standard InChI is InChI=1S/C33H29F2N9O3/c34-33(35)11-23(40-16-33)29-38-15-25(41-29)21-12-36-28(37-13-21)19-6-4-17(5-7-19)24-14-39-30(42-24)26-10-20-3-1-2-18-8-9-22(43-32(46)47)31(45)44(26)27(18)20/h1-7,12-15,22-23,26,40,43H,8-11,16H2,(H,38,41)(H,39,42)(H,46,47)/t22-,23-,26-/m0/s1. The molecular formula is C33H29F2N9O3. The molecule has 5 aromatic rings. The number of H-pyrrole nitrogens is 2. The number of aromatic nitrogens is 6. The number of carboxylic acid groups (broad SMARTS) is 1. The summed E-state index contributed by atoms with van der Waals surface area (Å²) in [6.07, 6.45) is 6.68. The van der Waals surface area contributed by atoms with Crippen LogP contribution < -0.4 is 15.5 Å². The monoisotopic (exact) mass is 637 g/mol. The van der Waals surface area contributed by atoms with Crippen LogP contribution in [0.2, 0.25) is 0 Å². The minimum atomic E-state index is -2.75. The number of nitrogens with one attached hydrogen (secondary N) is 4. The maximum absolute atomic E-state index is 13.6. The van der Waals surface area contributed by atoms with Crippen molar-refractivity contribution >= 4 is 17.7 Å². The number of imidazole rings is 2. The maximum Gasteiger partial charge on any atom is 0.405 e. The molecule has 0 spiro atoms. The second-order valence-corrected chi connectivity index (χ2v) is 12.1. The zero-order chi connectivity index (χ0) is 32.3. The first kappa shape index (κ1) is 28.9. The van der Waals surface area contributed by atoms with Crippen LogP contribution in [0.4, 0.5) is 19.3 Å². The normalized spacial score (nSPS) is 21.4. The minimum Gasteiger partial charge on any atom is -0.465 e. The number of para-hydroxylation sites is 1. The van der Waals surface area contributed by atoms with Gasteiger partial charge >= 0.3 is 6.09 Å². The molecule has 3 atom stereocenters. The van der Waals surface area contributed by atoms with Crippen LogP contribution >= 0.6 is 0 Å². The number of alkyl halides is 2. The molecular weight excluding hydrogens is 608 g/mol. The highest BCUT2D eigenvalue weighted by Crippen LogP contribution is 2.44. The summed E-state index contributed by atoms with van der Waals surface area (Å²) >= 11 is 0. The third-order valence-corrected chi connectivity index (χ3v) is 9.07. The number of aryl methyl sites for hydroxylation is 1. The van der Waals surface area contributed by atoms with Gasteiger partial charge in [0.15, 0.2) is 5.82 Å². The van der Waals surface area contributed by atoms with Gasteiger partial charge in [-0.3, -0.25) is 9.69 Å². The third-order valence-electron chi connectivity index (χ3n) is 9.07. The summed E-state index contributed by atoms with van der Waals surface area (Å²) in [5.74, 6) is -1.43. The van der Waals surface area contributed by atoms with E-state index in [0.717, 1.165) is 33.6 Å². The van der Waals surface area contributed by atoms with E-state index >= 15 is 0 Å². The van der Waals surface area contributed by atoms with Crippen molar-refractivity contribution in [2.45, 2.75) is 49.7 Å². The van der Waals surface area contributed by atoms with E-state index in [1.165, 1.54) is 0 Å². The van der Waals surface area contributed by atoms with Crippen molar-refractivity contribution < 1.29 is 23.5 Å². The second-order valence-electron chi connectivity index (χ2n) is 12.1. The van der Waals surface area contributed by atoms with Crippen LogP contribution in [-0.2, 0) is 17.6 Å². The highest BCUT2D eigenvalue weighted by atomic mass is 19.3. The summed E-state index contributed by atoms with van der Waals surface area (Å²) in [5.41, 5.74) is 6.69. The molecule has 3 aliphatic rings. The molecule has 0 bridgehead atoms. The Morgan fingerprint density at radius 1 is 0.894 bits per heavy atom. The van der Waals surface area contributed by atoms with E-state index in [1.807, 2.05) is 42.5 Å². The quantitative estimate of drug-likeness (QED) is 0.177. The Hall–Kier alpha value is -5.50. The number of anilines is 1. The Labute approximate surface area is 266 Å². The Bertz CT molecular complexity index is 1990. The molecule has 8 rings (SSSR count). The highest BCUT2D eigenvalue weighted by molar-refractivity contribution is 6.02. The van der Waals surface area contributed by atoms with Gasteiger partial charge in [-0.25, -0.2) is 33.5 Å². The molecule has 2 aromatic carbocycles. The van der Waals surface area contributed by atoms with E-state index in [1.54, 1.807) is 29.7 Å². The molecule has 0 saturated carbocycles. The number of hydrogen-bond acceptors (Lipinski definition) is 7. The van der Waals surface area contributed by atoms with Gasteiger partial charge < -0.3 is 25.7 Å². The predicted octanol–water partition coefficient (Wildman–Crippen LogP) is 4.81. The smallest absolute Gasteiger partial charge is 0.405 e. The van der Waals surface area contributed by atoms with Crippen LogP contribution in [0.25, 0.3) is 33.9 Å². The number of rotatable bonds is 6. The molecule has 14 heteroatoms. The van der Waals surface area contributed by atoms with Gasteiger partial charge in [-0.1, -0.05) is 42.5 Å². The molecule has 0 radical (unpaired) electrons. The van der Waals surface area contributed by atoms with E-state index in [2.05, 4.69) is 40.5 Å². The van der Waals surface area contributed by atoms with E-state index in [9.17, 15) is 23.5 Å².